The fourth-order valence-electron chi connectivity index (χ4n) is 5.22. The summed E-state index contributed by atoms with van der Waals surface area (Å²) in [6.07, 6.45) is 4.02. The number of carbonyl (C=O) groups excluding carboxylic acids is 1. The molecule has 0 bridgehead atoms. The molecule has 1 amide bonds. The summed E-state index contributed by atoms with van der Waals surface area (Å²) in [4.78, 5) is 14.9. The number of fused-ring (bicyclic) bond motifs is 2. The first-order chi connectivity index (χ1) is 13.4. The molecule has 4 rings (SSSR count). The predicted octanol–water partition coefficient (Wildman–Crippen LogP) is 4.52. The normalized spacial score (nSPS) is 21.2. The van der Waals surface area contributed by atoms with Gasteiger partial charge in [0.1, 0.15) is 11.5 Å². The number of hydrogen-bond donors (Lipinski definition) is 1. The minimum Gasteiger partial charge on any atom is -0.465 e. The number of piperidine rings is 1. The molecule has 4 nitrogen and oxygen atoms in total. The molecule has 1 aromatic heterocycles. The summed E-state index contributed by atoms with van der Waals surface area (Å²) in [5.41, 5.74) is 3.12. The first-order valence-corrected chi connectivity index (χ1v) is 10.6. The van der Waals surface area contributed by atoms with Crippen LogP contribution in [0.1, 0.15) is 68.1 Å². The highest BCUT2D eigenvalue weighted by Crippen LogP contribution is 2.52. The third kappa shape index (κ3) is 3.88. The Labute approximate surface area is 168 Å². The van der Waals surface area contributed by atoms with Gasteiger partial charge in [-0.2, -0.15) is 0 Å². The van der Waals surface area contributed by atoms with Gasteiger partial charge in [-0.05, 0) is 87.7 Å². The molecule has 2 heterocycles. The second kappa shape index (κ2) is 7.75. The SMILES string of the molecule is Cc1ccc(CN2CCC3(CC2)C[C@@H](CC(=O)NC(C)C)c2ccccc23)o1. The van der Waals surface area contributed by atoms with E-state index in [1.807, 2.05) is 26.8 Å². The van der Waals surface area contributed by atoms with Crippen molar-refractivity contribution in [1.29, 1.82) is 0 Å². The van der Waals surface area contributed by atoms with Gasteiger partial charge in [0, 0.05) is 12.5 Å². The Morgan fingerprint density at radius 2 is 1.96 bits per heavy atom. The van der Waals surface area contributed by atoms with Crippen LogP contribution in [0.2, 0.25) is 0 Å². The van der Waals surface area contributed by atoms with Gasteiger partial charge in [-0.3, -0.25) is 9.69 Å². The number of likely N-dealkylation sites (tertiary alicyclic amines) is 1. The van der Waals surface area contributed by atoms with E-state index in [1.165, 1.54) is 11.1 Å². The third-order valence-corrected chi connectivity index (χ3v) is 6.48. The van der Waals surface area contributed by atoms with Crippen LogP contribution >= 0.6 is 0 Å². The summed E-state index contributed by atoms with van der Waals surface area (Å²) >= 11 is 0. The number of hydrogen-bond acceptors (Lipinski definition) is 3. The smallest absolute Gasteiger partial charge is 0.220 e. The van der Waals surface area contributed by atoms with Crippen molar-refractivity contribution in [3.8, 4) is 0 Å². The summed E-state index contributed by atoms with van der Waals surface area (Å²) in [6, 6.07) is 13.2. The molecule has 4 heteroatoms. The first kappa shape index (κ1) is 19.3. The number of benzene rings is 1. The lowest BCUT2D eigenvalue weighted by Gasteiger charge is -2.40. The second-order valence-electron chi connectivity index (χ2n) is 8.98. The zero-order valence-electron chi connectivity index (χ0n) is 17.3. The van der Waals surface area contributed by atoms with E-state index in [0.717, 1.165) is 50.4 Å². The predicted molar refractivity (Wildman–Crippen MR) is 111 cm³/mol. The molecule has 0 radical (unpaired) electrons. The lowest BCUT2D eigenvalue weighted by atomic mass is 9.73. The third-order valence-electron chi connectivity index (χ3n) is 6.48. The number of amides is 1. The van der Waals surface area contributed by atoms with Gasteiger partial charge in [0.25, 0.3) is 0 Å². The van der Waals surface area contributed by atoms with E-state index in [0.29, 0.717) is 12.3 Å². The van der Waals surface area contributed by atoms with Crippen molar-refractivity contribution in [3.05, 3.63) is 59.0 Å². The summed E-state index contributed by atoms with van der Waals surface area (Å²) in [5, 5.41) is 3.07. The molecule has 1 aliphatic carbocycles. The molecule has 0 saturated carbocycles. The quantitative estimate of drug-likeness (QED) is 0.829. The molecule has 1 saturated heterocycles. The van der Waals surface area contributed by atoms with Crippen molar-refractivity contribution < 1.29 is 9.21 Å². The average Bonchev–Trinajstić information content (AvgIpc) is 3.19. The highest BCUT2D eigenvalue weighted by molar-refractivity contribution is 5.77. The molecule has 28 heavy (non-hydrogen) atoms. The molecule has 1 N–H and O–H groups in total. The number of rotatable bonds is 5. The minimum atomic E-state index is 0.178. The molecule has 1 spiro atoms. The monoisotopic (exact) mass is 380 g/mol. The Morgan fingerprint density at radius 1 is 1.21 bits per heavy atom. The molecular weight excluding hydrogens is 348 g/mol. The first-order valence-electron chi connectivity index (χ1n) is 10.6. The van der Waals surface area contributed by atoms with Gasteiger partial charge in [0.2, 0.25) is 5.91 Å². The van der Waals surface area contributed by atoms with Crippen molar-refractivity contribution in [1.82, 2.24) is 10.2 Å². The lowest BCUT2D eigenvalue weighted by Crippen LogP contribution is -2.41. The number of furan rings is 1. The Bertz CT molecular complexity index is 831. The molecular formula is C24H32N2O2. The van der Waals surface area contributed by atoms with Crippen molar-refractivity contribution >= 4 is 5.91 Å². The van der Waals surface area contributed by atoms with Crippen molar-refractivity contribution in [2.75, 3.05) is 13.1 Å². The largest absolute Gasteiger partial charge is 0.465 e. The van der Waals surface area contributed by atoms with Crippen molar-refractivity contribution in [2.45, 2.75) is 70.4 Å². The van der Waals surface area contributed by atoms with Crippen LogP contribution in [0.4, 0.5) is 0 Å². The van der Waals surface area contributed by atoms with Gasteiger partial charge >= 0.3 is 0 Å². The van der Waals surface area contributed by atoms with Gasteiger partial charge in [-0.1, -0.05) is 24.3 Å². The van der Waals surface area contributed by atoms with E-state index in [4.69, 9.17) is 4.42 Å². The van der Waals surface area contributed by atoms with Crippen LogP contribution in [0.5, 0.6) is 0 Å². The summed E-state index contributed by atoms with van der Waals surface area (Å²) < 4.78 is 5.77. The van der Waals surface area contributed by atoms with E-state index in [1.54, 1.807) is 0 Å². The van der Waals surface area contributed by atoms with E-state index in [2.05, 4.69) is 40.5 Å². The zero-order chi connectivity index (χ0) is 19.7. The van der Waals surface area contributed by atoms with Crippen molar-refractivity contribution in [2.24, 2.45) is 0 Å². The summed E-state index contributed by atoms with van der Waals surface area (Å²) in [7, 11) is 0. The van der Waals surface area contributed by atoms with Crippen LogP contribution in [0, 0.1) is 6.92 Å². The molecule has 150 valence electrons. The van der Waals surface area contributed by atoms with Crippen molar-refractivity contribution in [3.63, 3.8) is 0 Å². The topological polar surface area (TPSA) is 45.5 Å². The molecule has 1 aromatic carbocycles. The van der Waals surface area contributed by atoms with Gasteiger partial charge in [-0.15, -0.1) is 0 Å². The van der Waals surface area contributed by atoms with Crippen LogP contribution in [-0.4, -0.2) is 29.9 Å². The zero-order valence-corrected chi connectivity index (χ0v) is 17.3. The van der Waals surface area contributed by atoms with Crippen LogP contribution < -0.4 is 5.32 Å². The molecule has 1 fully saturated rings. The summed E-state index contributed by atoms with van der Waals surface area (Å²) in [6.45, 7) is 9.11. The van der Waals surface area contributed by atoms with E-state index >= 15 is 0 Å². The highest BCUT2D eigenvalue weighted by atomic mass is 16.3. The molecule has 1 aliphatic heterocycles. The fourth-order valence-corrected chi connectivity index (χ4v) is 5.22. The number of nitrogens with one attached hydrogen (secondary N) is 1. The number of aryl methyl sites for hydroxylation is 1. The van der Waals surface area contributed by atoms with Gasteiger partial charge in [-0.25, -0.2) is 0 Å². The Kier molecular flexibility index (Phi) is 5.33. The maximum absolute atomic E-state index is 12.4. The molecule has 2 aliphatic rings. The van der Waals surface area contributed by atoms with E-state index in [-0.39, 0.29) is 17.4 Å². The van der Waals surface area contributed by atoms with Crippen LogP contribution in [0.25, 0.3) is 0 Å². The minimum absolute atomic E-state index is 0.178. The second-order valence-corrected chi connectivity index (χ2v) is 8.98. The van der Waals surface area contributed by atoms with Crippen LogP contribution in [0.3, 0.4) is 0 Å². The number of carbonyl (C=O) groups is 1. The molecule has 2 aromatic rings. The van der Waals surface area contributed by atoms with Crippen LogP contribution in [0.15, 0.2) is 40.8 Å². The van der Waals surface area contributed by atoms with E-state index in [9.17, 15) is 4.79 Å². The summed E-state index contributed by atoms with van der Waals surface area (Å²) in [5.74, 6) is 2.56. The number of nitrogens with zero attached hydrogens (tertiary/aromatic N) is 1. The average molecular weight is 381 g/mol. The maximum atomic E-state index is 12.4. The Morgan fingerprint density at radius 3 is 2.64 bits per heavy atom. The molecule has 0 unspecified atom stereocenters. The Balaban J connectivity index is 1.45. The lowest BCUT2D eigenvalue weighted by molar-refractivity contribution is -0.122. The molecule has 1 atom stereocenters. The van der Waals surface area contributed by atoms with Crippen LogP contribution in [-0.2, 0) is 16.8 Å². The van der Waals surface area contributed by atoms with E-state index < -0.39 is 0 Å². The van der Waals surface area contributed by atoms with Gasteiger partial charge < -0.3 is 9.73 Å². The fraction of sp³-hybridized carbons (Fsp3) is 0.542. The standard InChI is InChI=1S/C24H32N2O2/c1-17(2)25-23(27)14-19-15-24(22-7-5-4-6-21(19)22)10-12-26(13-11-24)16-20-9-8-18(3)28-20/h4-9,17,19H,10-16H2,1-3H3,(H,25,27)/t19-/m1/s1. The van der Waals surface area contributed by atoms with Gasteiger partial charge in [0.05, 0.1) is 6.54 Å². The Hall–Kier alpha value is -2.07. The highest BCUT2D eigenvalue weighted by Gasteiger charge is 2.45. The van der Waals surface area contributed by atoms with Gasteiger partial charge in [0.15, 0.2) is 0 Å². The maximum Gasteiger partial charge on any atom is 0.220 e.